The normalized spacial score (nSPS) is 13.9. The van der Waals surface area contributed by atoms with Gasteiger partial charge in [0, 0.05) is 25.9 Å². The number of rotatable bonds is 7. The van der Waals surface area contributed by atoms with Gasteiger partial charge >= 0.3 is 0 Å². The van der Waals surface area contributed by atoms with Gasteiger partial charge in [-0.2, -0.15) is 5.10 Å². The Bertz CT molecular complexity index is 333. The van der Waals surface area contributed by atoms with Crippen LogP contribution in [0.1, 0.15) is 33.3 Å². The number of aryl methyl sites for hydroxylation is 1. The Morgan fingerprint density at radius 3 is 2.65 bits per heavy atom. The first kappa shape index (κ1) is 14.2. The summed E-state index contributed by atoms with van der Waals surface area (Å²) in [6.45, 7) is 10.1. The molecule has 1 heterocycles. The van der Waals surface area contributed by atoms with E-state index in [0.717, 1.165) is 19.6 Å². The van der Waals surface area contributed by atoms with Gasteiger partial charge in [0.05, 0.1) is 11.8 Å². The summed E-state index contributed by atoms with van der Waals surface area (Å²) in [5.41, 5.74) is 1.08. The molecule has 0 aliphatic rings. The van der Waals surface area contributed by atoms with E-state index in [9.17, 15) is 0 Å². The molecule has 0 aliphatic carbocycles. The predicted molar refractivity (Wildman–Crippen MR) is 70.1 cm³/mol. The second-order valence-electron chi connectivity index (χ2n) is 4.87. The maximum Gasteiger partial charge on any atom is 0.0781 e. The van der Waals surface area contributed by atoms with E-state index in [4.69, 9.17) is 4.74 Å². The fourth-order valence-corrected chi connectivity index (χ4v) is 2.10. The van der Waals surface area contributed by atoms with Gasteiger partial charge in [-0.3, -0.25) is 4.68 Å². The summed E-state index contributed by atoms with van der Waals surface area (Å²) in [5.74, 6) is 0. The van der Waals surface area contributed by atoms with Crippen LogP contribution in [0.15, 0.2) is 12.4 Å². The Hall–Kier alpha value is -0.870. The van der Waals surface area contributed by atoms with E-state index in [1.165, 1.54) is 5.56 Å². The lowest BCUT2D eigenvalue weighted by molar-refractivity contribution is -0.0376. The van der Waals surface area contributed by atoms with Crippen LogP contribution in [0.25, 0.3) is 0 Å². The summed E-state index contributed by atoms with van der Waals surface area (Å²) in [7, 11) is 1.94. The number of nitrogens with one attached hydrogen (secondary N) is 1. The fourth-order valence-electron chi connectivity index (χ4n) is 2.10. The van der Waals surface area contributed by atoms with Gasteiger partial charge in [-0.25, -0.2) is 0 Å². The van der Waals surface area contributed by atoms with E-state index in [1.807, 2.05) is 24.9 Å². The number of nitrogens with zero attached hydrogens (tertiary/aromatic N) is 2. The molecule has 0 fully saturated rings. The summed E-state index contributed by atoms with van der Waals surface area (Å²) in [5, 5.41) is 7.71. The van der Waals surface area contributed by atoms with Crippen LogP contribution in [-0.4, -0.2) is 34.6 Å². The van der Waals surface area contributed by atoms with Gasteiger partial charge in [0.2, 0.25) is 0 Å². The van der Waals surface area contributed by atoms with Crippen LogP contribution in [0.5, 0.6) is 0 Å². The molecule has 0 aromatic carbocycles. The van der Waals surface area contributed by atoms with Gasteiger partial charge in [-0.05, 0) is 39.3 Å². The van der Waals surface area contributed by atoms with Gasteiger partial charge in [0.25, 0.3) is 0 Å². The van der Waals surface area contributed by atoms with Crippen molar-refractivity contribution in [3.63, 3.8) is 0 Å². The molecule has 0 saturated heterocycles. The minimum absolute atomic E-state index is 0.166. The molecule has 0 aliphatic heterocycles. The summed E-state index contributed by atoms with van der Waals surface area (Å²) >= 11 is 0. The van der Waals surface area contributed by atoms with Gasteiger partial charge in [0.15, 0.2) is 0 Å². The van der Waals surface area contributed by atoms with Crippen molar-refractivity contribution in [1.82, 2.24) is 15.1 Å². The third-order valence-corrected chi connectivity index (χ3v) is 3.00. The summed E-state index contributed by atoms with van der Waals surface area (Å²) in [4.78, 5) is 0. The molecule has 0 spiro atoms. The first-order valence-electron chi connectivity index (χ1n) is 6.34. The largest absolute Gasteiger partial charge is 0.374 e. The molecule has 17 heavy (non-hydrogen) atoms. The molecule has 0 bridgehead atoms. The lowest BCUT2D eigenvalue weighted by atomic mass is 9.93. The van der Waals surface area contributed by atoms with Gasteiger partial charge in [0.1, 0.15) is 0 Å². The van der Waals surface area contributed by atoms with Gasteiger partial charge < -0.3 is 10.1 Å². The predicted octanol–water partition coefficient (Wildman–Crippen LogP) is 1.76. The molecule has 0 saturated carbocycles. The van der Waals surface area contributed by atoms with E-state index >= 15 is 0 Å². The van der Waals surface area contributed by atoms with Crippen molar-refractivity contribution in [2.24, 2.45) is 7.05 Å². The molecular weight excluding hydrogens is 214 g/mol. The Balaban J connectivity index is 2.71. The highest BCUT2D eigenvalue weighted by atomic mass is 16.5. The quantitative estimate of drug-likeness (QED) is 0.788. The van der Waals surface area contributed by atoms with Crippen LogP contribution in [0, 0.1) is 0 Å². The van der Waals surface area contributed by atoms with Crippen LogP contribution < -0.4 is 5.32 Å². The van der Waals surface area contributed by atoms with Crippen molar-refractivity contribution in [3.05, 3.63) is 18.0 Å². The van der Waals surface area contributed by atoms with Crippen LogP contribution in [0.3, 0.4) is 0 Å². The van der Waals surface area contributed by atoms with Crippen LogP contribution in [-0.2, 0) is 18.2 Å². The summed E-state index contributed by atoms with van der Waals surface area (Å²) < 4.78 is 7.67. The molecule has 1 unspecified atom stereocenters. The van der Waals surface area contributed by atoms with E-state index in [2.05, 4.69) is 37.4 Å². The highest BCUT2D eigenvalue weighted by molar-refractivity contribution is 5.08. The summed E-state index contributed by atoms with van der Waals surface area (Å²) in [6.07, 6.45) is 4.92. The first-order valence-corrected chi connectivity index (χ1v) is 6.34. The van der Waals surface area contributed by atoms with Gasteiger partial charge in [-0.15, -0.1) is 0 Å². The molecular formula is C13H25N3O. The van der Waals surface area contributed by atoms with Crippen molar-refractivity contribution in [2.45, 2.75) is 45.8 Å². The van der Waals surface area contributed by atoms with Crippen molar-refractivity contribution in [3.8, 4) is 0 Å². The minimum atomic E-state index is -0.166. The van der Waals surface area contributed by atoms with E-state index < -0.39 is 0 Å². The SMILES string of the molecule is CCNC(Cc1cnn(C)c1)C(C)(C)OCC. The number of hydrogen-bond donors (Lipinski definition) is 1. The Labute approximate surface area is 104 Å². The standard InChI is InChI=1S/C13H25N3O/c1-6-14-12(13(3,4)17-7-2)8-11-9-15-16(5)10-11/h9-10,12,14H,6-8H2,1-5H3. The lowest BCUT2D eigenvalue weighted by Gasteiger charge is -2.34. The zero-order valence-electron chi connectivity index (χ0n) is 11.7. The second-order valence-corrected chi connectivity index (χ2v) is 4.87. The first-order chi connectivity index (χ1) is 7.99. The van der Waals surface area contributed by atoms with E-state index in [-0.39, 0.29) is 5.60 Å². The third kappa shape index (κ3) is 4.13. The zero-order valence-corrected chi connectivity index (χ0v) is 11.7. The smallest absolute Gasteiger partial charge is 0.0781 e. The van der Waals surface area contributed by atoms with Gasteiger partial charge in [-0.1, -0.05) is 6.92 Å². The van der Waals surface area contributed by atoms with Crippen molar-refractivity contribution in [1.29, 1.82) is 0 Å². The maximum atomic E-state index is 5.83. The number of likely N-dealkylation sites (N-methyl/N-ethyl adjacent to an activating group) is 1. The highest BCUT2D eigenvalue weighted by Gasteiger charge is 2.29. The average molecular weight is 239 g/mol. The third-order valence-electron chi connectivity index (χ3n) is 3.00. The minimum Gasteiger partial charge on any atom is -0.374 e. The average Bonchev–Trinajstić information content (AvgIpc) is 2.63. The zero-order chi connectivity index (χ0) is 12.9. The van der Waals surface area contributed by atoms with Crippen molar-refractivity contribution < 1.29 is 4.74 Å². The molecule has 0 radical (unpaired) electrons. The molecule has 0 amide bonds. The molecule has 1 aromatic heterocycles. The van der Waals surface area contributed by atoms with E-state index in [0.29, 0.717) is 6.04 Å². The monoisotopic (exact) mass is 239 g/mol. The number of aromatic nitrogens is 2. The molecule has 1 atom stereocenters. The van der Waals surface area contributed by atoms with E-state index in [1.54, 1.807) is 0 Å². The topological polar surface area (TPSA) is 39.1 Å². The lowest BCUT2D eigenvalue weighted by Crippen LogP contribution is -2.50. The van der Waals surface area contributed by atoms with Crippen LogP contribution in [0.4, 0.5) is 0 Å². The number of ether oxygens (including phenoxy) is 1. The maximum absolute atomic E-state index is 5.83. The van der Waals surface area contributed by atoms with Crippen molar-refractivity contribution in [2.75, 3.05) is 13.2 Å². The van der Waals surface area contributed by atoms with Crippen LogP contribution >= 0.6 is 0 Å². The fraction of sp³-hybridized carbons (Fsp3) is 0.769. The Morgan fingerprint density at radius 1 is 1.47 bits per heavy atom. The Kier molecular flexibility index (Phi) is 5.15. The Morgan fingerprint density at radius 2 is 2.18 bits per heavy atom. The molecule has 1 rings (SSSR count). The van der Waals surface area contributed by atoms with Crippen molar-refractivity contribution >= 4 is 0 Å². The molecule has 98 valence electrons. The molecule has 1 N–H and O–H groups in total. The summed E-state index contributed by atoms with van der Waals surface area (Å²) in [6, 6.07) is 0.302. The molecule has 4 nitrogen and oxygen atoms in total. The molecule has 1 aromatic rings. The highest BCUT2D eigenvalue weighted by Crippen LogP contribution is 2.18. The van der Waals surface area contributed by atoms with Crippen LogP contribution in [0.2, 0.25) is 0 Å². The second kappa shape index (κ2) is 6.17. The number of hydrogen-bond acceptors (Lipinski definition) is 3. The molecule has 4 heteroatoms.